The van der Waals surface area contributed by atoms with Crippen LogP contribution in [0.4, 0.5) is 0 Å². The average Bonchev–Trinajstić information content (AvgIpc) is 3.95. The summed E-state index contributed by atoms with van der Waals surface area (Å²) in [6.45, 7) is 10.3. The van der Waals surface area contributed by atoms with Crippen molar-refractivity contribution in [1.82, 2.24) is 4.57 Å². The Morgan fingerprint density at radius 2 is 1.25 bits per heavy atom. The number of unbranched alkanes of at least 4 members (excludes halogenated alkanes) is 1. The maximum Gasteiger partial charge on any atom is 0.0713 e. The van der Waals surface area contributed by atoms with Crippen LogP contribution in [0.3, 0.4) is 0 Å². The zero-order chi connectivity index (χ0) is 43.2. The molecule has 1 aromatic heterocycles. The van der Waals surface area contributed by atoms with Crippen molar-refractivity contribution in [2.24, 2.45) is 46.3 Å². The number of hydrogen-bond acceptors (Lipinski definition) is 0. The zero-order valence-corrected chi connectivity index (χ0v) is 39.0. The standard InChI is InChI=1S/C63H69N/c1-42(2)17-11-12-18-45-30-34-55-52-33-29-48-39-44(35-37-62(48,4)56(52)36-38-61(45,55)3)43-27-31-49(32-28-43)64-59-26-16-14-24-51(59)54-40-58-53(41-60(54)64)50-23-13-15-25-57(50)63(58,46-19-7-5-8-20-46)47-21-9-6-10-22-47/h5-10,13-16,19-28,31-32,40-42,44-45,48,52,55-56H,11-12,17-18,29-30,33-39H2,1-4H3. The van der Waals surface area contributed by atoms with Gasteiger partial charge in [-0.05, 0) is 186 Å². The minimum Gasteiger partial charge on any atom is -0.309 e. The maximum atomic E-state index is 2.77. The van der Waals surface area contributed by atoms with E-state index in [1.165, 1.54) is 144 Å². The highest BCUT2D eigenvalue weighted by atomic mass is 15.0. The predicted octanol–water partition coefficient (Wildman–Crippen LogP) is 17.1. The van der Waals surface area contributed by atoms with Gasteiger partial charge in [-0.25, -0.2) is 0 Å². The largest absolute Gasteiger partial charge is 0.309 e. The summed E-state index contributed by atoms with van der Waals surface area (Å²) in [5.41, 5.74) is 14.1. The Kier molecular flexibility index (Phi) is 9.92. The molecule has 12 rings (SSSR count). The number of nitrogens with zero attached hydrogens (tertiary/aromatic N) is 1. The van der Waals surface area contributed by atoms with E-state index in [0.717, 1.165) is 35.5 Å². The van der Waals surface area contributed by atoms with E-state index in [-0.39, 0.29) is 0 Å². The Labute approximate surface area is 383 Å². The summed E-state index contributed by atoms with van der Waals surface area (Å²) in [6.07, 6.45) is 18.9. The quantitative estimate of drug-likeness (QED) is 0.128. The van der Waals surface area contributed by atoms with Gasteiger partial charge >= 0.3 is 0 Å². The molecule has 4 saturated carbocycles. The third-order valence-corrected chi connectivity index (χ3v) is 19.3. The summed E-state index contributed by atoms with van der Waals surface area (Å²) in [5, 5.41) is 2.64. The van der Waals surface area contributed by atoms with E-state index in [1.807, 2.05) is 0 Å². The first-order valence-corrected chi connectivity index (χ1v) is 25.7. The van der Waals surface area contributed by atoms with Crippen molar-refractivity contribution >= 4 is 21.8 Å². The fourth-order valence-corrected chi connectivity index (χ4v) is 16.2. The van der Waals surface area contributed by atoms with Crippen molar-refractivity contribution in [3.05, 3.63) is 173 Å². The number of para-hydroxylation sites is 1. The topological polar surface area (TPSA) is 4.93 Å². The Hall–Kier alpha value is -4.88. The Bertz CT molecular complexity index is 2770. The second-order valence-electron chi connectivity index (χ2n) is 22.5. The van der Waals surface area contributed by atoms with Crippen LogP contribution in [0.5, 0.6) is 0 Å². The summed E-state index contributed by atoms with van der Waals surface area (Å²) >= 11 is 0. The third-order valence-electron chi connectivity index (χ3n) is 19.3. The average molecular weight is 840 g/mol. The molecule has 8 unspecified atom stereocenters. The first kappa shape index (κ1) is 40.6. The Morgan fingerprint density at radius 3 is 2.02 bits per heavy atom. The molecule has 4 fully saturated rings. The smallest absolute Gasteiger partial charge is 0.0713 e. The molecule has 0 aliphatic heterocycles. The minimum absolute atomic E-state index is 0.410. The lowest BCUT2D eigenvalue weighted by atomic mass is 9.44. The molecule has 1 nitrogen and oxygen atoms in total. The summed E-state index contributed by atoms with van der Waals surface area (Å²) in [6, 6.07) is 55.7. The van der Waals surface area contributed by atoms with Gasteiger partial charge in [-0.2, -0.15) is 0 Å². The highest BCUT2D eigenvalue weighted by Gasteiger charge is 2.60. The van der Waals surface area contributed by atoms with Crippen LogP contribution in [0, 0.1) is 46.3 Å². The number of rotatable bonds is 9. The molecular weight excluding hydrogens is 771 g/mol. The lowest BCUT2D eigenvalue weighted by Crippen LogP contribution is -2.53. The van der Waals surface area contributed by atoms with Gasteiger partial charge in [-0.3, -0.25) is 0 Å². The number of fused-ring (bicyclic) bond motifs is 11. The number of benzene rings is 6. The van der Waals surface area contributed by atoms with Gasteiger partial charge in [0.25, 0.3) is 0 Å². The van der Waals surface area contributed by atoms with E-state index in [4.69, 9.17) is 0 Å². The van der Waals surface area contributed by atoms with Crippen LogP contribution in [-0.4, -0.2) is 4.57 Å². The second-order valence-corrected chi connectivity index (χ2v) is 22.5. The van der Waals surface area contributed by atoms with E-state index in [2.05, 4.69) is 178 Å². The van der Waals surface area contributed by atoms with Crippen molar-refractivity contribution in [3.63, 3.8) is 0 Å². The summed E-state index contributed by atoms with van der Waals surface area (Å²) in [7, 11) is 0. The van der Waals surface area contributed by atoms with Crippen molar-refractivity contribution in [3.8, 4) is 16.8 Å². The summed E-state index contributed by atoms with van der Waals surface area (Å²) in [4.78, 5) is 0. The molecule has 0 amide bonds. The van der Waals surface area contributed by atoms with Crippen molar-refractivity contribution in [2.75, 3.05) is 0 Å². The van der Waals surface area contributed by atoms with Gasteiger partial charge in [0.2, 0.25) is 0 Å². The molecule has 6 aromatic carbocycles. The van der Waals surface area contributed by atoms with Crippen LogP contribution in [0.2, 0.25) is 0 Å². The monoisotopic (exact) mass is 840 g/mol. The molecule has 0 radical (unpaired) electrons. The molecule has 64 heavy (non-hydrogen) atoms. The van der Waals surface area contributed by atoms with Gasteiger partial charge in [-0.15, -0.1) is 0 Å². The van der Waals surface area contributed by atoms with E-state index >= 15 is 0 Å². The molecule has 7 aromatic rings. The van der Waals surface area contributed by atoms with Gasteiger partial charge in [0.05, 0.1) is 16.4 Å². The van der Waals surface area contributed by atoms with E-state index in [9.17, 15) is 0 Å². The first-order valence-electron chi connectivity index (χ1n) is 25.7. The SMILES string of the molecule is CC(C)CCCCC1CCC2C3CCC4CC(c5ccc(-n6c7ccccc7c7cc8c(cc76)-c6ccccc6C8(c6ccccc6)c6ccccc6)cc5)CCC4(C)C3CCC12C. The summed E-state index contributed by atoms with van der Waals surface area (Å²) < 4.78 is 2.55. The molecule has 5 aliphatic carbocycles. The van der Waals surface area contributed by atoms with Gasteiger partial charge < -0.3 is 4.57 Å². The molecular formula is C63H69N. The molecule has 1 heterocycles. The highest BCUT2D eigenvalue weighted by Crippen LogP contribution is 2.69. The number of aromatic nitrogens is 1. The van der Waals surface area contributed by atoms with Crippen LogP contribution in [-0.2, 0) is 5.41 Å². The molecule has 0 spiro atoms. The third kappa shape index (κ3) is 6.07. The number of hydrogen-bond donors (Lipinski definition) is 0. The fourth-order valence-electron chi connectivity index (χ4n) is 16.2. The van der Waals surface area contributed by atoms with Crippen LogP contribution < -0.4 is 0 Å². The highest BCUT2D eigenvalue weighted by molar-refractivity contribution is 6.11. The van der Waals surface area contributed by atoms with E-state index < -0.39 is 5.41 Å². The molecule has 0 N–H and O–H groups in total. The van der Waals surface area contributed by atoms with Crippen molar-refractivity contribution in [2.45, 2.75) is 122 Å². The zero-order valence-electron chi connectivity index (χ0n) is 39.0. The normalized spacial score (nSPS) is 29.0. The van der Waals surface area contributed by atoms with E-state index in [1.54, 1.807) is 5.56 Å². The van der Waals surface area contributed by atoms with Crippen molar-refractivity contribution in [1.29, 1.82) is 0 Å². The Morgan fingerprint density at radius 1 is 0.562 bits per heavy atom. The van der Waals surface area contributed by atoms with E-state index in [0.29, 0.717) is 16.7 Å². The van der Waals surface area contributed by atoms with Crippen molar-refractivity contribution < 1.29 is 0 Å². The molecule has 0 bridgehead atoms. The molecule has 8 atom stereocenters. The fraction of sp³-hybridized carbons (Fsp3) is 0.429. The first-order chi connectivity index (χ1) is 31.3. The van der Waals surface area contributed by atoms with Gasteiger partial charge in [-0.1, -0.05) is 162 Å². The summed E-state index contributed by atoms with van der Waals surface area (Å²) in [5.74, 6) is 6.27. The maximum absolute atomic E-state index is 2.77. The molecule has 1 heteroatoms. The minimum atomic E-state index is -0.410. The van der Waals surface area contributed by atoms with Crippen LogP contribution in [0.15, 0.2) is 146 Å². The van der Waals surface area contributed by atoms with Crippen LogP contribution in [0.25, 0.3) is 38.6 Å². The van der Waals surface area contributed by atoms with Gasteiger partial charge in [0, 0.05) is 16.5 Å². The lowest BCUT2D eigenvalue weighted by molar-refractivity contribution is -0.114. The Balaban J connectivity index is 0.847. The molecule has 5 aliphatic rings. The van der Waals surface area contributed by atoms with Gasteiger partial charge in [0.15, 0.2) is 0 Å². The molecule has 326 valence electrons. The lowest BCUT2D eigenvalue weighted by Gasteiger charge is -2.61. The molecule has 0 saturated heterocycles. The predicted molar refractivity (Wildman–Crippen MR) is 269 cm³/mol. The van der Waals surface area contributed by atoms with Crippen LogP contribution in [0.1, 0.15) is 145 Å². The van der Waals surface area contributed by atoms with Crippen LogP contribution >= 0.6 is 0 Å². The second kappa shape index (κ2) is 15.6. The van der Waals surface area contributed by atoms with Gasteiger partial charge in [0.1, 0.15) is 0 Å².